The standard InChI is InChI=1S/C11H20N4OS/c1-6-11(2,3)15(5)9(16)7-8(12)14-10(13-4)17-7/h6,12H2,1-5H3,(H,13,14). The van der Waals surface area contributed by atoms with E-state index in [9.17, 15) is 4.79 Å². The van der Waals surface area contributed by atoms with Gasteiger partial charge in [0, 0.05) is 19.6 Å². The third kappa shape index (κ3) is 2.69. The number of nitrogens with two attached hydrogens (primary N) is 1. The minimum atomic E-state index is -0.187. The summed E-state index contributed by atoms with van der Waals surface area (Å²) in [6, 6.07) is 0. The Bertz CT molecular complexity index is 414. The minimum Gasteiger partial charge on any atom is -0.382 e. The highest BCUT2D eigenvalue weighted by Gasteiger charge is 2.29. The van der Waals surface area contributed by atoms with Gasteiger partial charge in [-0.05, 0) is 20.3 Å². The number of hydrogen-bond acceptors (Lipinski definition) is 5. The van der Waals surface area contributed by atoms with Crippen molar-refractivity contribution >= 4 is 28.2 Å². The molecule has 96 valence electrons. The average Bonchev–Trinajstić information content (AvgIpc) is 2.68. The van der Waals surface area contributed by atoms with Crippen LogP contribution in [-0.2, 0) is 0 Å². The molecule has 0 saturated carbocycles. The zero-order valence-corrected chi connectivity index (χ0v) is 11.8. The first-order chi connectivity index (χ1) is 7.83. The summed E-state index contributed by atoms with van der Waals surface area (Å²) in [5, 5.41) is 3.55. The van der Waals surface area contributed by atoms with Gasteiger partial charge in [-0.25, -0.2) is 4.98 Å². The Kier molecular flexibility index (Phi) is 3.98. The monoisotopic (exact) mass is 256 g/mol. The van der Waals surface area contributed by atoms with E-state index in [4.69, 9.17) is 5.73 Å². The number of carbonyl (C=O) groups is 1. The largest absolute Gasteiger partial charge is 0.382 e. The van der Waals surface area contributed by atoms with Crippen LogP contribution in [0.25, 0.3) is 0 Å². The van der Waals surface area contributed by atoms with E-state index in [1.54, 1.807) is 19.0 Å². The van der Waals surface area contributed by atoms with E-state index >= 15 is 0 Å². The molecule has 17 heavy (non-hydrogen) atoms. The third-order valence-electron chi connectivity index (χ3n) is 3.14. The molecule has 3 N–H and O–H groups in total. The lowest BCUT2D eigenvalue weighted by Gasteiger charge is -2.34. The van der Waals surface area contributed by atoms with Gasteiger partial charge in [-0.1, -0.05) is 18.3 Å². The van der Waals surface area contributed by atoms with Gasteiger partial charge in [0.2, 0.25) is 0 Å². The maximum absolute atomic E-state index is 12.3. The van der Waals surface area contributed by atoms with Crippen LogP contribution in [0, 0.1) is 0 Å². The number of carbonyl (C=O) groups excluding carboxylic acids is 1. The van der Waals surface area contributed by atoms with Crippen molar-refractivity contribution < 1.29 is 4.79 Å². The zero-order valence-electron chi connectivity index (χ0n) is 11.0. The average molecular weight is 256 g/mol. The van der Waals surface area contributed by atoms with Crippen molar-refractivity contribution in [3.63, 3.8) is 0 Å². The molecule has 0 spiro atoms. The smallest absolute Gasteiger partial charge is 0.268 e. The summed E-state index contributed by atoms with van der Waals surface area (Å²) in [7, 11) is 3.55. The molecule has 0 aromatic carbocycles. The normalized spacial score (nSPS) is 11.4. The lowest BCUT2D eigenvalue weighted by molar-refractivity contribution is 0.0626. The number of nitrogen functional groups attached to an aromatic ring is 1. The first-order valence-corrected chi connectivity index (χ1v) is 6.37. The first kappa shape index (κ1) is 13.8. The van der Waals surface area contributed by atoms with Crippen molar-refractivity contribution in [3.8, 4) is 0 Å². The van der Waals surface area contributed by atoms with Crippen LogP contribution < -0.4 is 11.1 Å². The van der Waals surface area contributed by atoms with Gasteiger partial charge in [0.15, 0.2) is 5.13 Å². The number of amides is 1. The quantitative estimate of drug-likeness (QED) is 0.864. The Labute approximate surface area is 106 Å². The fourth-order valence-electron chi connectivity index (χ4n) is 1.26. The molecule has 5 nitrogen and oxygen atoms in total. The molecule has 1 aromatic heterocycles. The molecule has 1 heterocycles. The predicted octanol–water partition coefficient (Wildman–Crippen LogP) is 2.03. The second-order valence-corrected chi connectivity index (χ2v) is 5.51. The summed E-state index contributed by atoms with van der Waals surface area (Å²) < 4.78 is 0. The Morgan fingerprint density at radius 2 is 2.18 bits per heavy atom. The summed E-state index contributed by atoms with van der Waals surface area (Å²) in [5.41, 5.74) is 5.57. The number of nitrogens with zero attached hydrogens (tertiary/aromatic N) is 2. The van der Waals surface area contributed by atoms with Crippen LogP contribution >= 0.6 is 11.3 Å². The van der Waals surface area contributed by atoms with Gasteiger partial charge in [0.1, 0.15) is 10.7 Å². The molecule has 0 aliphatic heterocycles. The van der Waals surface area contributed by atoms with E-state index in [0.29, 0.717) is 15.8 Å². The SMILES string of the molecule is CCC(C)(C)N(C)C(=O)c1sc(NC)nc1N. The summed E-state index contributed by atoms with van der Waals surface area (Å²) in [4.78, 5) is 18.6. The van der Waals surface area contributed by atoms with E-state index in [2.05, 4.69) is 17.2 Å². The predicted molar refractivity (Wildman–Crippen MR) is 72.5 cm³/mol. The highest BCUT2D eigenvalue weighted by atomic mass is 32.1. The summed E-state index contributed by atoms with van der Waals surface area (Å²) >= 11 is 1.28. The maximum Gasteiger partial charge on any atom is 0.268 e. The van der Waals surface area contributed by atoms with Gasteiger partial charge in [0.05, 0.1) is 0 Å². The first-order valence-electron chi connectivity index (χ1n) is 5.55. The Morgan fingerprint density at radius 3 is 2.59 bits per heavy atom. The minimum absolute atomic E-state index is 0.0756. The van der Waals surface area contributed by atoms with Crippen LogP contribution in [0.5, 0.6) is 0 Å². The second-order valence-electron chi connectivity index (χ2n) is 4.51. The van der Waals surface area contributed by atoms with Crippen molar-refractivity contribution in [2.45, 2.75) is 32.7 Å². The molecule has 0 aliphatic carbocycles. The molecule has 0 aliphatic rings. The lowest BCUT2D eigenvalue weighted by Crippen LogP contribution is -2.44. The van der Waals surface area contributed by atoms with Gasteiger partial charge >= 0.3 is 0 Å². The maximum atomic E-state index is 12.3. The molecule has 0 atom stereocenters. The van der Waals surface area contributed by atoms with E-state index in [-0.39, 0.29) is 11.4 Å². The van der Waals surface area contributed by atoms with Crippen LogP contribution in [0.3, 0.4) is 0 Å². The Morgan fingerprint density at radius 1 is 1.59 bits per heavy atom. The second kappa shape index (κ2) is 4.91. The molecule has 6 heteroatoms. The highest BCUT2D eigenvalue weighted by Crippen LogP contribution is 2.28. The Balaban J connectivity index is 3.00. The number of rotatable bonds is 4. The van der Waals surface area contributed by atoms with Gasteiger partial charge in [-0.3, -0.25) is 4.79 Å². The fourth-order valence-corrected chi connectivity index (χ4v) is 2.07. The Hall–Kier alpha value is -1.30. The number of anilines is 2. The van der Waals surface area contributed by atoms with Gasteiger partial charge in [0.25, 0.3) is 5.91 Å². The van der Waals surface area contributed by atoms with Crippen molar-refractivity contribution in [2.24, 2.45) is 0 Å². The zero-order chi connectivity index (χ0) is 13.2. The van der Waals surface area contributed by atoms with Crippen LogP contribution in [-0.4, -0.2) is 35.4 Å². The molecule has 0 fully saturated rings. The highest BCUT2D eigenvalue weighted by molar-refractivity contribution is 7.18. The molecule has 0 radical (unpaired) electrons. The molecule has 1 aromatic rings. The van der Waals surface area contributed by atoms with Gasteiger partial charge in [-0.2, -0.15) is 0 Å². The molecule has 0 unspecified atom stereocenters. The molecule has 0 bridgehead atoms. The number of aromatic nitrogens is 1. The molecular formula is C11H20N4OS. The summed E-state index contributed by atoms with van der Waals surface area (Å²) in [5.74, 6) is 0.219. The van der Waals surface area contributed by atoms with Crippen LogP contribution in [0.4, 0.5) is 10.9 Å². The van der Waals surface area contributed by atoms with Crippen molar-refractivity contribution in [3.05, 3.63) is 4.88 Å². The lowest BCUT2D eigenvalue weighted by atomic mass is 10.00. The van der Waals surface area contributed by atoms with E-state index in [0.717, 1.165) is 6.42 Å². The fraction of sp³-hybridized carbons (Fsp3) is 0.636. The summed E-state index contributed by atoms with van der Waals surface area (Å²) in [6.07, 6.45) is 0.882. The van der Waals surface area contributed by atoms with Gasteiger partial charge < -0.3 is 16.0 Å². The number of thiazole rings is 1. The molecule has 1 rings (SSSR count). The number of hydrogen-bond donors (Lipinski definition) is 2. The number of nitrogens with one attached hydrogen (secondary N) is 1. The third-order valence-corrected chi connectivity index (χ3v) is 4.22. The van der Waals surface area contributed by atoms with E-state index < -0.39 is 0 Å². The van der Waals surface area contributed by atoms with Crippen molar-refractivity contribution in [1.29, 1.82) is 0 Å². The van der Waals surface area contributed by atoms with Crippen molar-refractivity contribution in [2.75, 3.05) is 25.1 Å². The summed E-state index contributed by atoms with van der Waals surface area (Å²) in [6.45, 7) is 6.11. The topological polar surface area (TPSA) is 71.2 Å². The van der Waals surface area contributed by atoms with Crippen LogP contribution in [0.2, 0.25) is 0 Å². The molecule has 0 saturated heterocycles. The van der Waals surface area contributed by atoms with Crippen molar-refractivity contribution in [1.82, 2.24) is 9.88 Å². The van der Waals surface area contributed by atoms with Gasteiger partial charge in [-0.15, -0.1) is 0 Å². The van der Waals surface area contributed by atoms with E-state index in [1.165, 1.54) is 11.3 Å². The van der Waals surface area contributed by atoms with E-state index in [1.807, 2.05) is 13.8 Å². The molecular weight excluding hydrogens is 236 g/mol. The molecule has 1 amide bonds. The van der Waals surface area contributed by atoms with Crippen LogP contribution in [0.15, 0.2) is 0 Å². The van der Waals surface area contributed by atoms with Crippen LogP contribution in [0.1, 0.15) is 36.9 Å².